The minimum atomic E-state index is -0.114. The fourth-order valence-electron chi connectivity index (χ4n) is 3.35. The molecule has 1 saturated heterocycles. The van der Waals surface area contributed by atoms with Crippen molar-refractivity contribution >= 4 is 23.3 Å². The van der Waals surface area contributed by atoms with Gasteiger partial charge < -0.3 is 20.3 Å². The van der Waals surface area contributed by atoms with Gasteiger partial charge in [-0.25, -0.2) is 4.79 Å². The van der Waals surface area contributed by atoms with Crippen molar-refractivity contribution in [3.05, 3.63) is 59.1 Å². The van der Waals surface area contributed by atoms with Gasteiger partial charge in [0.1, 0.15) is 5.75 Å². The van der Waals surface area contributed by atoms with E-state index in [4.69, 9.17) is 16.3 Å². The molecule has 1 atom stereocenters. The van der Waals surface area contributed by atoms with E-state index in [2.05, 4.69) is 27.7 Å². The van der Waals surface area contributed by atoms with Gasteiger partial charge in [0.15, 0.2) is 0 Å². The van der Waals surface area contributed by atoms with Gasteiger partial charge in [0.25, 0.3) is 0 Å². The van der Waals surface area contributed by atoms with Crippen molar-refractivity contribution in [3.63, 3.8) is 0 Å². The molecule has 144 valence electrons. The van der Waals surface area contributed by atoms with E-state index in [0.717, 1.165) is 42.3 Å². The summed E-state index contributed by atoms with van der Waals surface area (Å²) in [6.45, 7) is 3.21. The molecule has 2 N–H and O–H groups in total. The maximum absolute atomic E-state index is 12.0. The Kier molecular flexibility index (Phi) is 6.82. The summed E-state index contributed by atoms with van der Waals surface area (Å²) in [5.74, 6) is 1.32. The largest absolute Gasteiger partial charge is 0.497 e. The van der Waals surface area contributed by atoms with Crippen LogP contribution in [0.5, 0.6) is 5.75 Å². The Morgan fingerprint density at radius 1 is 1.22 bits per heavy atom. The average molecular weight is 388 g/mol. The van der Waals surface area contributed by atoms with Gasteiger partial charge in [-0.1, -0.05) is 29.8 Å². The third-order valence-electron chi connectivity index (χ3n) is 4.84. The number of carbonyl (C=O) groups excluding carboxylic acids is 1. The lowest BCUT2D eigenvalue weighted by atomic mass is 10.1. The molecule has 0 bridgehead atoms. The van der Waals surface area contributed by atoms with Crippen LogP contribution in [-0.2, 0) is 6.42 Å². The first kappa shape index (κ1) is 19.4. The molecule has 1 aliphatic heterocycles. The molecule has 3 rings (SSSR count). The molecule has 0 spiro atoms. The Labute approximate surface area is 165 Å². The third kappa shape index (κ3) is 5.79. The van der Waals surface area contributed by atoms with Gasteiger partial charge in [0.05, 0.1) is 7.11 Å². The van der Waals surface area contributed by atoms with E-state index in [1.165, 1.54) is 5.69 Å². The highest BCUT2D eigenvalue weighted by Gasteiger charge is 2.23. The molecule has 1 unspecified atom stereocenters. The van der Waals surface area contributed by atoms with Crippen molar-refractivity contribution in [2.45, 2.75) is 12.8 Å². The lowest BCUT2D eigenvalue weighted by molar-refractivity contribution is 0.239. The van der Waals surface area contributed by atoms with Crippen LogP contribution in [0.15, 0.2) is 48.5 Å². The van der Waals surface area contributed by atoms with Crippen LogP contribution in [0.3, 0.4) is 0 Å². The number of hydrogen-bond acceptors (Lipinski definition) is 3. The number of nitrogens with zero attached hydrogens (tertiary/aromatic N) is 1. The van der Waals surface area contributed by atoms with Crippen LogP contribution in [0, 0.1) is 5.92 Å². The molecule has 0 aliphatic carbocycles. The van der Waals surface area contributed by atoms with Gasteiger partial charge in [0, 0.05) is 43.0 Å². The second kappa shape index (κ2) is 9.51. The summed E-state index contributed by atoms with van der Waals surface area (Å²) in [6, 6.07) is 15.7. The second-order valence-corrected chi connectivity index (χ2v) is 7.26. The number of anilines is 1. The van der Waals surface area contributed by atoms with Gasteiger partial charge >= 0.3 is 6.03 Å². The lowest BCUT2D eigenvalue weighted by Crippen LogP contribution is -2.39. The van der Waals surface area contributed by atoms with Crippen LogP contribution in [0.25, 0.3) is 0 Å². The summed E-state index contributed by atoms with van der Waals surface area (Å²) >= 11 is 5.97. The van der Waals surface area contributed by atoms with Gasteiger partial charge in [-0.15, -0.1) is 0 Å². The molecular formula is C21H26ClN3O2. The average Bonchev–Trinajstić information content (AvgIpc) is 3.16. The van der Waals surface area contributed by atoms with E-state index >= 15 is 0 Å². The normalized spacial score (nSPS) is 16.2. The van der Waals surface area contributed by atoms with Crippen LogP contribution < -0.4 is 20.3 Å². The van der Waals surface area contributed by atoms with Gasteiger partial charge in [0.2, 0.25) is 0 Å². The molecule has 0 aromatic heterocycles. The number of hydrogen-bond donors (Lipinski definition) is 2. The number of rotatable bonds is 7. The summed E-state index contributed by atoms with van der Waals surface area (Å²) in [5, 5.41) is 6.62. The van der Waals surface area contributed by atoms with Crippen molar-refractivity contribution in [2.75, 3.05) is 38.2 Å². The number of nitrogens with one attached hydrogen (secondary N) is 2. The minimum absolute atomic E-state index is 0.114. The number of amides is 2. The summed E-state index contributed by atoms with van der Waals surface area (Å²) in [6.07, 6.45) is 1.83. The molecule has 1 fully saturated rings. The molecule has 1 aliphatic rings. The first-order valence-corrected chi connectivity index (χ1v) is 9.67. The number of ether oxygens (including phenoxy) is 1. The fraction of sp³-hybridized carbons (Fsp3) is 0.381. The van der Waals surface area contributed by atoms with E-state index in [1.807, 2.05) is 36.4 Å². The highest BCUT2D eigenvalue weighted by molar-refractivity contribution is 6.30. The van der Waals surface area contributed by atoms with E-state index in [1.54, 1.807) is 7.11 Å². The van der Waals surface area contributed by atoms with Gasteiger partial charge in [-0.3, -0.25) is 0 Å². The summed E-state index contributed by atoms with van der Waals surface area (Å²) < 4.78 is 5.30. The molecule has 2 amide bonds. The highest BCUT2D eigenvalue weighted by Crippen LogP contribution is 2.26. The predicted octanol–water partition coefficient (Wildman–Crippen LogP) is 3.72. The zero-order valence-electron chi connectivity index (χ0n) is 15.6. The number of benzene rings is 2. The van der Waals surface area contributed by atoms with Crippen molar-refractivity contribution in [2.24, 2.45) is 5.92 Å². The predicted molar refractivity (Wildman–Crippen MR) is 110 cm³/mol. The Hall–Kier alpha value is -2.40. The molecule has 0 saturated carbocycles. The van der Waals surface area contributed by atoms with E-state index in [0.29, 0.717) is 19.0 Å². The number of halogens is 1. The van der Waals surface area contributed by atoms with Crippen LogP contribution >= 0.6 is 11.6 Å². The number of methoxy groups -OCH3 is 1. The summed E-state index contributed by atoms with van der Waals surface area (Å²) in [4.78, 5) is 14.4. The van der Waals surface area contributed by atoms with Crippen LogP contribution in [-0.4, -0.2) is 39.3 Å². The molecule has 2 aromatic carbocycles. The number of urea groups is 1. The van der Waals surface area contributed by atoms with Crippen molar-refractivity contribution in [3.8, 4) is 5.75 Å². The first-order chi connectivity index (χ1) is 13.1. The van der Waals surface area contributed by atoms with Crippen molar-refractivity contribution < 1.29 is 9.53 Å². The molecule has 1 heterocycles. The van der Waals surface area contributed by atoms with Crippen molar-refractivity contribution in [1.82, 2.24) is 10.6 Å². The number of carbonyl (C=O) groups is 1. The zero-order valence-corrected chi connectivity index (χ0v) is 16.3. The maximum atomic E-state index is 12.0. The Balaban J connectivity index is 1.37. The summed E-state index contributed by atoms with van der Waals surface area (Å²) in [7, 11) is 1.68. The standard InChI is InChI=1S/C21H26ClN3O2/c1-27-20-7-3-6-19(13-20)25-11-9-17(15-25)14-24-21(26)23-10-8-16-4-2-5-18(22)12-16/h2-7,12-13,17H,8-11,14-15H2,1H3,(H2,23,24,26). The molecule has 5 nitrogen and oxygen atoms in total. The van der Waals surface area contributed by atoms with Crippen LogP contribution in [0.1, 0.15) is 12.0 Å². The topological polar surface area (TPSA) is 53.6 Å². The smallest absolute Gasteiger partial charge is 0.314 e. The molecule has 0 radical (unpaired) electrons. The summed E-state index contributed by atoms with van der Waals surface area (Å²) in [5.41, 5.74) is 2.29. The van der Waals surface area contributed by atoms with Gasteiger partial charge in [-0.05, 0) is 48.6 Å². The molecule has 27 heavy (non-hydrogen) atoms. The molecule has 6 heteroatoms. The minimum Gasteiger partial charge on any atom is -0.497 e. The lowest BCUT2D eigenvalue weighted by Gasteiger charge is -2.19. The SMILES string of the molecule is COc1cccc(N2CCC(CNC(=O)NCCc3cccc(Cl)c3)C2)c1. The molecular weight excluding hydrogens is 362 g/mol. The quantitative estimate of drug-likeness (QED) is 0.761. The Bertz CT molecular complexity index is 769. The second-order valence-electron chi connectivity index (χ2n) is 6.82. The monoisotopic (exact) mass is 387 g/mol. The van der Waals surface area contributed by atoms with E-state index < -0.39 is 0 Å². The van der Waals surface area contributed by atoms with Gasteiger partial charge in [-0.2, -0.15) is 0 Å². The first-order valence-electron chi connectivity index (χ1n) is 9.29. The fourth-order valence-corrected chi connectivity index (χ4v) is 3.57. The van der Waals surface area contributed by atoms with Crippen LogP contribution in [0.4, 0.5) is 10.5 Å². The zero-order chi connectivity index (χ0) is 19.1. The van der Waals surface area contributed by atoms with Crippen molar-refractivity contribution in [1.29, 1.82) is 0 Å². The van der Waals surface area contributed by atoms with E-state index in [-0.39, 0.29) is 6.03 Å². The Morgan fingerprint density at radius 2 is 2.07 bits per heavy atom. The maximum Gasteiger partial charge on any atom is 0.314 e. The molecule has 2 aromatic rings. The highest BCUT2D eigenvalue weighted by atomic mass is 35.5. The van der Waals surface area contributed by atoms with Crippen LogP contribution in [0.2, 0.25) is 5.02 Å². The Morgan fingerprint density at radius 3 is 2.89 bits per heavy atom. The third-order valence-corrected chi connectivity index (χ3v) is 5.08. The van der Waals surface area contributed by atoms with E-state index in [9.17, 15) is 4.79 Å².